The molecule has 0 aromatic heterocycles. The van der Waals surface area contributed by atoms with E-state index in [2.05, 4.69) is 26.1 Å². The molecule has 0 aromatic carbocycles. The van der Waals surface area contributed by atoms with Crippen LogP contribution in [-0.2, 0) is 0 Å². The zero-order valence-corrected chi connectivity index (χ0v) is 14.9. The van der Waals surface area contributed by atoms with Crippen molar-refractivity contribution in [3.63, 3.8) is 0 Å². The fraction of sp³-hybridized carbons (Fsp3) is 1.00. The van der Waals surface area contributed by atoms with E-state index in [4.69, 9.17) is 0 Å². The summed E-state index contributed by atoms with van der Waals surface area (Å²) in [7, 11) is 0. The van der Waals surface area contributed by atoms with Gasteiger partial charge in [0.05, 0.1) is 0 Å². The third-order valence-electron chi connectivity index (χ3n) is 6.18. The van der Waals surface area contributed by atoms with Crippen LogP contribution in [0, 0.1) is 29.6 Å². The molecule has 2 aliphatic carbocycles. The second-order valence-corrected chi connectivity index (χ2v) is 8.31. The predicted octanol–water partition coefficient (Wildman–Crippen LogP) is 5.64. The molecule has 0 spiro atoms. The topological polar surface area (TPSA) is 12.0 Å². The van der Waals surface area contributed by atoms with Crippen LogP contribution in [0.5, 0.6) is 0 Å². The summed E-state index contributed by atoms with van der Waals surface area (Å²) in [5.74, 6) is 4.87. The van der Waals surface area contributed by atoms with Crippen molar-refractivity contribution in [1.29, 1.82) is 0 Å². The van der Waals surface area contributed by atoms with Gasteiger partial charge >= 0.3 is 0 Å². The zero-order valence-electron chi connectivity index (χ0n) is 14.9. The maximum atomic E-state index is 3.78. The first kappa shape index (κ1) is 17.3. The van der Waals surface area contributed by atoms with Crippen LogP contribution in [0.1, 0.15) is 85.0 Å². The van der Waals surface area contributed by atoms with E-state index in [9.17, 15) is 0 Å². The van der Waals surface area contributed by atoms with Gasteiger partial charge in [-0.15, -0.1) is 0 Å². The Bertz CT molecular complexity index is 273. The number of hydrogen-bond acceptors (Lipinski definition) is 1. The van der Waals surface area contributed by atoms with E-state index in [1.54, 1.807) is 6.42 Å². The van der Waals surface area contributed by atoms with E-state index in [1.165, 1.54) is 70.9 Å². The maximum Gasteiger partial charge on any atom is -0.00177 e. The highest BCUT2D eigenvalue weighted by atomic mass is 14.9. The molecule has 0 aromatic rings. The molecule has 0 saturated heterocycles. The second-order valence-electron chi connectivity index (χ2n) is 8.31. The molecule has 2 aliphatic rings. The van der Waals surface area contributed by atoms with Crippen LogP contribution in [0.25, 0.3) is 0 Å². The van der Waals surface area contributed by atoms with Gasteiger partial charge in [0, 0.05) is 0 Å². The zero-order chi connectivity index (χ0) is 15.1. The Labute approximate surface area is 133 Å². The molecule has 21 heavy (non-hydrogen) atoms. The van der Waals surface area contributed by atoms with Gasteiger partial charge in [0.2, 0.25) is 0 Å². The fourth-order valence-corrected chi connectivity index (χ4v) is 4.94. The SMILES string of the molecule is CCC1CCCC(C2CCCCCC2CNCC(C)C)C1. The van der Waals surface area contributed by atoms with E-state index in [0.29, 0.717) is 0 Å². The maximum absolute atomic E-state index is 3.78. The Kier molecular flexibility index (Phi) is 7.57. The van der Waals surface area contributed by atoms with E-state index in [-0.39, 0.29) is 0 Å². The van der Waals surface area contributed by atoms with Crippen molar-refractivity contribution in [3.05, 3.63) is 0 Å². The summed E-state index contributed by atoms with van der Waals surface area (Å²) >= 11 is 0. The van der Waals surface area contributed by atoms with Crippen molar-refractivity contribution < 1.29 is 0 Å². The lowest BCUT2D eigenvalue weighted by Crippen LogP contribution is -2.35. The van der Waals surface area contributed by atoms with Crippen LogP contribution >= 0.6 is 0 Å². The van der Waals surface area contributed by atoms with E-state index >= 15 is 0 Å². The summed E-state index contributed by atoms with van der Waals surface area (Å²) in [6, 6.07) is 0. The summed E-state index contributed by atoms with van der Waals surface area (Å²) in [6.07, 6.45) is 15.0. The molecule has 2 fully saturated rings. The molecule has 124 valence electrons. The van der Waals surface area contributed by atoms with E-state index in [0.717, 1.165) is 29.6 Å². The molecule has 0 radical (unpaired) electrons. The number of nitrogens with one attached hydrogen (secondary N) is 1. The van der Waals surface area contributed by atoms with Crippen LogP contribution in [0.3, 0.4) is 0 Å². The summed E-state index contributed by atoms with van der Waals surface area (Å²) in [6.45, 7) is 9.54. The Morgan fingerprint density at radius 1 is 0.952 bits per heavy atom. The van der Waals surface area contributed by atoms with Gasteiger partial charge in [0.25, 0.3) is 0 Å². The minimum Gasteiger partial charge on any atom is -0.316 e. The normalized spacial score (nSPS) is 34.9. The monoisotopic (exact) mass is 293 g/mol. The van der Waals surface area contributed by atoms with E-state index in [1.807, 2.05) is 0 Å². The van der Waals surface area contributed by atoms with Gasteiger partial charge < -0.3 is 5.32 Å². The van der Waals surface area contributed by atoms with Gasteiger partial charge in [-0.3, -0.25) is 0 Å². The first-order valence-electron chi connectivity index (χ1n) is 9.91. The van der Waals surface area contributed by atoms with Gasteiger partial charge in [0.15, 0.2) is 0 Å². The standard InChI is InChI=1S/C20H39N/c1-4-17-9-8-11-18(13-17)20-12-7-5-6-10-19(20)15-21-14-16(2)3/h16-21H,4-15H2,1-3H3. The molecular weight excluding hydrogens is 254 g/mol. The average molecular weight is 294 g/mol. The lowest BCUT2D eigenvalue weighted by Gasteiger charge is -2.38. The van der Waals surface area contributed by atoms with Gasteiger partial charge in [-0.1, -0.05) is 65.7 Å². The van der Waals surface area contributed by atoms with Gasteiger partial charge in [-0.2, -0.15) is 0 Å². The van der Waals surface area contributed by atoms with Crippen LogP contribution in [0.15, 0.2) is 0 Å². The lowest BCUT2D eigenvalue weighted by molar-refractivity contribution is 0.132. The minimum atomic E-state index is 0.786. The van der Waals surface area contributed by atoms with Crippen molar-refractivity contribution in [3.8, 4) is 0 Å². The third-order valence-corrected chi connectivity index (χ3v) is 6.18. The van der Waals surface area contributed by atoms with Crippen molar-refractivity contribution in [2.24, 2.45) is 29.6 Å². The van der Waals surface area contributed by atoms with Crippen molar-refractivity contribution in [2.75, 3.05) is 13.1 Å². The summed E-state index contributed by atoms with van der Waals surface area (Å²) in [4.78, 5) is 0. The molecule has 1 N–H and O–H groups in total. The first-order valence-corrected chi connectivity index (χ1v) is 9.91. The van der Waals surface area contributed by atoms with Gasteiger partial charge in [-0.25, -0.2) is 0 Å². The Morgan fingerprint density at radius 2 is 1.76 bits per heavy atom. The molecule has 2 saturated carbocycles. The Balaban J connectivity index is 1.91. The van der Waals surface area contributed by atoms with Gasteiger partial charge in [-0.05, 0) is 61.9 Å². The summed E-state index contributed by atoms with van der Waals surface area (Å²) < 4.78 is 0. The lowest BCUT2D eigenvalue weighted by atomic mass is 9.68. The van der Waals surface area contributed by atoms with E-state index < -0.39 is 0 Å². The molecule has 1 nitrogen and oxygen atoms in total. The smallest absolute Gasteiger partial charge is 0.00177 e. The highest BCUT2D eigenvalue weighted by Gasteiger charge is 2.33. The average Bonchev–Trinajstić information content (AvgIpc) is 2.72. The first-order chi connectivity index (χ1) is 10.2. The van der Waals surface area contributed by atoms with Crippen molar-refractivity contribution in [1.82, 2.24) is 5.32 Å². The highest BCUT2D eigenvalue weighted by molar-refractivity contribution is 4.85. The molecule has 1 heteroatoms. The molecule has 0 bridgehead atoms. The highest BCUT2D eigenvalue weighted by Crippen LogP contribution is 2.42. The molecule has 4 atom stereocenters. The van der Waals surface area contributed by atoms with Gasteiger partial charge in [0.1, 0.15) is 0 Å². The third kappa shape index (κ3) is 5.58. The molecule has 2 rings (SSSR count). The number of hydrogen-bond donors (Lipinski definition) is 1. The second kappa shape index (κ2) is 9.18. The van der Waals surface area contributed by atoms with Crippen molar-refractivity contribution in [2.45, 2.75) is 85.0 Å². The minimum absolute atomic E-state index is 0.786. The molecular formula is C20H39N. The summed E-state index contributed by atoms with van der Waals surface area (Å²) in [5.41, 5.74) is 0. The van der Waals surface area contributed by atoms with Crippen molar-refractivity contribution >= 4 is 0 Å². The van der Waals surface area contributed by atoms with Crippen LogP contribution in [0.2, 0.25) is 0 Å². The predicted molar refractivity (Wildman–Crippen MR) is 93.5 cm³/mol. The molecule has 0 aliphatic heterocycles. The largest absolute Gasteiger partial charge is 0.316 e. The van der Waals surface area contributed by atoms with Crippen LogP contribution in [-0.4, -0.2) is 13.1 Å². The number of rotatable bonds is 6. The van der Waals surface area contributed by atoms with Crippen LogP contribution in [0.4, 0.5) is 0 Å². The molecule has 0 amide bonds. The quantitative estimate of drug-likeness (QED) is 0.624. The Morgan fingerprint density at radius 3 is 2.52 bits per heavy atom. The Hall–Kier alpha value is -0.0400. The summed E-state index contributed by atoms with van der Waals surface area (Å²) in [5, 5.41) is 3.78. The molecule has 4 unspecified atom stereocenters. The van der Waals surface area contributed by atoms with Crippen LogP contribution < -0.4 is 5.32 Å². The molecule has 0 heterocycles. The fourth-order valence-electron chi connectivity index (χ4n) is 4.94.